The second-order valence-corrected chi connectivity index (χ2v) is 8.47. The number of hydrogen-bond donors (Lipinski definition) is 2. The maximum atomic E-state index is 13.0. The summed E-state index contributed by atoms with van der Waals surface area (Å²) in [6.45, 7) is 3.94. The van der Waals surface area contributed by atoms with Gasteiger partial charge in [-0.2, -0.15) is 0 Å². The first kappa shape index (κ1) is 23.1. The summed E-state index contributed by atoms with van der Waals surface area (Å²) in [5, 5.41) is 2.65. The number of nitrogens with one attached hydrogen (secondary N) is 2. The van der Waals surface area contributed by atoms with Gasteiger partial charge in [0, 0.05) is 11.4 Å². The molecule has 3 rings (SSSR count). The van der Waals surface area contributed by atoms with Gasteiger partial charge in [0.05, 0.1) is 11.5 Å². The number of rotatable bonds is 9. The molecule has 3 aromatic rings. The Morgan fingerprint density at radius 1 is 0.906 bits per heavy atom. The van der Waals surface area contributed by atoms with E-state index in [-0.39, 0.29) is 4.90 Å². The molecule has 32 heavy (non-hydrogen) atoms. The molecule has 2 N–H and O–H groups in total. The summed E-state index contributed by atoms with van der Waals surface area (Å²) in [4.78, 5) is 12.4. The van der Waals surface area contributed by atoms with E-state index in [0.717, 1.165) is 0 Å². The summed E-state index contributed by atoms with van der Waals surface area (Å²) in [5.74, 6) is 0.169. The van der Waals surface area contributed by atoms with E-state index in [1.807, 2.05) is 6.92 Å². The SMILES string of the molecule is CCOc1ccc(NS(=O)(=O)c2ccc(NC(=O)C(C)Oc3ccc(F)cc3)cc2)cc1. The number of benzene rings is 3. The Morgan fingerprint density at radius 3 is 2.06 bits per heavy atom. The number of sulfonamides is 1. The Labute approximate surface area is 186 Å². The van der Waals surface area contributed by atoms with Crippen LogP contribution in [-0.2, 0) is 14.8 Å². The number of carbonyl (C=O) groups is 1. The molecule has 0 spiro atoms. The molecule has 0 fully saturated rings. The normalized spacial score (nSPS) is 12.0. The monoisotopic (exact) mass is 458 g/mol. The summed E-state index contributed by atoms with van der Waals surface area (Å²) >= 11 is 0. The Morgan fingerprint density at radius 2 is 1.47 bits per heavy atom. The zero-order valence-corrected chi connectivity index (χ0v) is 18.4. The molecule has 0 saturated heterocycles. The number of anilines is 2. The van der Waals surface area contributed by atoms with E-state index in [9.17, 15) is 17.6 Å². The predicted molar refractivity (Wildman–Crippen MR) is 120 cm³/mol. The molecule has 1 unspecified atom stereocenters. The van der Waals surface area contributed by atoms with Crippen LogP contribution in [0.25, 0.3) is 0 Å². The largest absolute Gasteiger partial charge is 0.494 e. The van der Waals surface area contributed by atoms with Gasteiger partial charge in [0.2, 0.25) is 0 Å². The third kappa shape index (κ3) is 6.21. The van der Waals surface area contributed by atoms with Crippen molar-refractivity contribution in [1.29, 1.82) is 0 Å². The van der Waals surface area contributed by atoms with Crippen LogP contribution >= 0.6 is 0 Å². The third-order valence-corrected chi connectivity index (χ3v) is 5.74. The molecule has 0 bridgehead atoms. The topological polar surface area (TPSA) is 93.7 Å². The second-order valence-electron chi connectivity index (χ2n) is 6.79. The molecule has 9 heteroatoms. The van der Waals surface area contributed by atoms with Crippen LogP contribution in [0.15, 0.2) is 77.7 Å². The highest BCUT2D eigenvalue weighted by atomic mass is 32.2. The molecule has 0 aliphatic carbocycles. The number of halogens is 1. The van der Waals surface area contributed by atoms with Crippen LogP contribution < -0.4 is 19.5 Å². The first-order chi connectivity index (χ1) is 15.3. The molecule has 0 radical (unpaired) electrons. The van der Waals surface area contributed by atoms with Gasteiger partial charge < -0.3 is 14.8 Å². The fourth-order valence-electron chi connectivity index (χ4n) is 2.73. The van der Waals surface area contributed by atoms with Crippen molar-refractivity contribution in [3.63, 3.8) is 0 Å². The van der Waals surface area contributed by atoms with Crippen molar-refractivity contribution in [3.05, 3.63) is 78.6 Å². The zero-order chi connectivity index (χ0) is 23.1. The molecule has 0 aliphatic heterocycles. The molecule has 1 amide bonds. The van der Waals surface area contributed by atoms with Gasteiger partial charge in [-0.3, -0.25) is 9.52 Å². The molecule has 7 nitrogen and oxygen atoms in total. The first-order valence-corrected chi connectivity index (χ1v) is 11.3. The van der Waals surface area contributed by atoms with Crippen LogP contribution in [0.3, 0.4) is 0 Å². The van der Waals surface area contributed by atoms with E-state index in [4.69, 9.17) is 9.47 Å². The second kappa shape index (κ2) is 10.1. The van der Waals surface area contributed by atoms with Gasteiger partial charge in [-0.25, -0.2) is 12.8 Å². The van der Waals surface area contributed by atoms with Crippen LogP contribution in [0.5, 0.6) is 11.5 Å². The van der Waals surface area contributed by atoms with Crippen molar-refractivity contribution in [2.45, 2.75) is 24.8 Å². The predicted octanol–water partition coefficient (Wildman–Crippen LogP) is 4.43. The van der Waals surface area contributed by atoms with Crippen LogP contribution in [0.1, 0.15) is 13.8 Å². The molecule has 0 aliphatic rings. The fraction of sp³-hybridized carbons (Fsp3) is 0.174. The zero-order valence-electron chi connectivity index (χ0n) is 17.5. The average molecular weight is 459 g/mol. The van der Waals surface area contributed by atoms with Crippen LogP contribution in [0, 0.1) is 5.82 Å². The Kier molecular flexibility index (Phi) is 7.32. The van der Waals surface area contributed by atoms with E-state index in [2.05, 4.69) is 10.0 Å². The molecule has 1 atom stereocenters. The fourth-order valence-corrected chi connectivity index (χ4v) is 3.79. The van der Waals surface area contributed by atoms with Crippen LogP contribution in [0.4, 0.5) is 15.8 Å². The number of hydrogen-bond acceptors (Lipinski definition) is 5. The summed E-state index contributed by atoms with van der Waals surface area (Å²) in [7, 11) is -3.80. The highest BCUT2D eigenvalue weighted by molar-refractivity contribution is 7.92. The minimum absolute atomic E-state index is 0.0417. The maximum absolute atomic E-state index is 13.0. The summed E-state index contributed by atoms with van der Waals surface area (Å²) in [6, 6.07) is 17.6. The van der Waals surface area contributed by atoms with E-state index in [1.54, 1.807) is 31.2 Å². The van der Waals surface area contributed by atoms with Gasteiger partial charge in [-0.15, -0.1) is 0 Å². The van der Waals surface area contributed by atoms with Gasteiger partial charge in [0.1, 0.15) is 17.3 Å². The minimum Gasteiger partial charge on any atom is -0.494 e. The van der Waals surface area contributed by atoms with E-state index < -0.39 is 27.9 Å². The Bertz CT molecular complexity index is 1150. The highest BCUT2D eigenvalue weighted by Gasteiger charge is 2.17. The van der Waals surface area contributed by atoms with Crippen molar-refractivity contribution >= 4 is 27.3 Å². The van der Waals surface area contributed by atoms with Gasteiger partial charge in [0.15, 0.2) is 6.10 Å². The minimum atomic E-state index is -3.80. The van der Waals surface area contributed by atoms with Crippen molar-refractivity contribution in [1.82, 2.24) is 0 Å². The molecule has 0 saturated carbocycles. The lowest BCUT2D eigenvalue weighted by molar-refractivity contribution is -0.122. The van der Waals surface area contributed by atoms with Crippen molar-refractivity contribution in [3.8, 4) is 11.5 Å². The number of carbonyl (C=O) groups excluding carboxylic acids is 1. The molecule has 0 aromatic heterocycles. The van der Waals surface area contributed by atoms with Crippen LogP contribution in [-0.4, -0.2) is 27.0 Å². The van der Waals surface area contributed by atoms with Gasteiger partial charge in [-0.05, 0) is 86.6 Å². The number of amides is 1. The lowest BCUT2D eigenvalue weighted by Gasteiger charge is -2.15. The van der Waals surface area contributed by atoms with Gasteiger partial charge in [0.25, 0.3) is 15.9 Å². The van der Waals surface area contributed by atoms with Crippen molar-refractivity contribution < 1.29 is 27.1 Å². The summed E-state index contributed by atoms with van der Waals surface area (Å²) < 4.78 is 51.5. The molecular formula is C23H23FN2O5S. The van der Waals surface area contributed by atoms with E-state index >= 15 is 0 Å². The van der Waals surface area contributed by atoms with Gasteiger partial charge in [-0.1, -0.05) is 0 Å². The lowest BCUT2D eigenvalue weighted by Crippen LogP contribution is -2.30. The van der Waals surface area contributed by atoms with Gasteiger partial charge >= 0.3 is 0 Å². The molecule has 3 aromatic carbocycles. The molecule has 0 heterocycles. The first-order valence-electron chi connectivity index (χ1n) is 9.85. The third-order valence-electron chi connectivity index (χ3n) is 4.35. The maximum Gasteiger partial charge on any atom is 0.265 e. The molecule has 168 valence electrons. The number of ether oxygens (including phenoxy) is 2. The molecular weight excluding hydrogens is 435 g/mol. The Balaban J connectivity index is 1.60. The van der Waals surface area contributed by atoms with Crippen molar-refractivity contribution in [2.75, 3.05) is 16.6 Å². The van der Waals surface area contributed by atoms with Crippen LogP contribution in [0.2, 0.25) is 0 Å². The lowest BCUT2D eigenvalue weighted by atomic mass is 10.3. The van der Waals surface area contributed by atoms with E-state index in [1.165, 1.54) is 48.5 Å². The van der Waals surface area contributed by atoms with Crippen molar-refractivity contribution in [2.24, 2.45) is 0 Å². The summed E-state index contributed by atoms with van der Waals surface area (Å²) in [5.41, 5.74) is 0.808. The highest BCUT2D eigenvalue weighted by Crippen LogP contribution is 2.21. The summed E-state index contributed by atoms with van der Waals surface area (Å²) in [6.07, 6.45) is -0.842. The van der Waals surface area contributed by atoms with E-state index in [0.29, 0.717) is 29.5 Å². The quantitative estimate of drug-likeness (QED) is 0.495. The smallest absolute Gasteiger partial charge is 0.265 e. The Hall–Kier alpha value is -3.59. The average Bonchev–Trinajstić information content (AvgIpc) is 2.77. The standard InChI is InChI=1S/C23H23FN2O5S/c1-3-30-20-12-6-19(7-13-20)26-32(28,29)22-14-8-18(9-15-22)25-23(27)16(2)31-21-10-4-17(24)5-11-21/h4-16,26H,3H2,1-2H3,(H,25,27).